The highest BCUT2D eigenvalue weighted by Crippen LogP contribution is 2.36. The number of aryl methyl sites for hydroxylation is 1. The smallest absolute Gasteiger partial charge is 0.243 e. The number of fused-ring (bicyclic) bond motifs is 1. The van der Waals surface area contributed by atoms with E-state index >= 15 is 0 Å². The van der Waals surface area contributed by atoms with Crippen molar-refractivity contribution in [3.05, 3.63) is 29.8 Å². The summed E-state index contributed by atoms with van der Waals surface area (Å²) in [6.07, 6.45) is 0.875. The minimum atomic E-state index is -3.39. The second-order valence-corrected chi connectivity index (χ2v) is 7.45. The molecule has 0 aliphatic carbocycles. The van der Waals surface area contributed by atoms with Crippen molar-refractivity contribution in [2.75, 3.05) is 13.2 Å². The summed E-state index contributed by atoms with van der Waals surface area (Å²) in [5.41, 5.74) is 1.07. The molecule has 0 saturated carbocycles. The molecule has 0 unspecified atom stereocenters. The number of ether oxygens (including phenoxy) is 1. The van der Waals surface area contributed by atoms with Gasteiger partial charge in [0, 0.05) is 13.2 Å². The molecule has 3 rings (SSSR count). The highest BCUT2D eigenvalue weighted by Gasteiger charge is 2.48. The van der Waals surface area contributed by atoms with E-state index < -0.39 is 10.0 Å². The Morgan fingerprint density at radius 2 is 1.95 bits per heavy atom. The quantitative estimate of drug-likeness (QED) is 0.830. The van der Waals surface area contributed by atoms with Crippen molar-refractivity contribution in [3.63, 3.8) is 0 Å². The normalized spacial score (nSPS) is 31.6. The number of sulfonamides is 1. The maximum absolute atomic E-state index is 12.7. The van der Waals surface area contributed by atoms with E-state index in [-0.39, 0.29) is 18.1 Å². The molecular formula is C14H19NO3S. The van der Waals surface area contributed by atoms with Gasteiger partial charge in [-0.25, -0.2) is 8.42 Å². The van der Waals surface area contributed by atoms with Crippen LogP contribution in [0.4, 0.5) is 0 Å². The van der Waals surface area contributed by atoms with Crippen molar-refractivity contribution in [2.24, 2.45) is 5.92 Å². The molecule has 2 fully saturated rings. The van der Waals surface area contributed by atoms with Crippen LogP contribution in [-0.2, 0) is 14.8 Å². The lowest BCUT2D eigenvalue weighted by Gasteiger charge is -2.22. The van der Waals surface area contributed by atoms with Crippen LogP contribution in [0.3, 0.4) is 0 Å². The Hall–Kier alpha value is -0.910. The molecule has 4 nitrogen and oxygen atoms in total. The zero-order chi connectivity index (χ0) is 13.6. The lowest BCUT2D eigenvalue weighted by molar-refractivity contribution is 0.0823. The zero-order valence-electron chi connectivity index (χ0n) is 11.2. The minimum Gasteiger partial charge on any atom is -0.376 e. The monoisotopic (exact) mass is 281 g/mol. The van der Waals surface area contributed by atoms with E-state index in [9.17, 15) is 8.42 Å². The standard InChI is InChI=1S/C14H19NO3S/c1-10-3-5-12(6-4-10)19(16,17)15-9-11(2)14-13(15)7-8-18-14/h3-6,11,13-14H,7-9H2,1-2H3/t11-,13-,14-/m0/s1. The van der Waals surface area contributed by atoms with Crippen molar-refractivity contribution < 1.29 is 13.2 Å². The summed E-state index contributed by atoms with van der Waals surface area (Å²) in [6, 6.07) is 7.09. The van der Waals surface area contributed by atoms with Gasteiger partial charge in [0.25, 0.3) is 0 Å². The van der Waals surface area contributed by atoms with Crippen LogP contribution < -0.4 is 0 Å². The van der Waals surface area contributed by atoms with Crippen molar-refractivity contribution >= 4 is 10.0 Å². The number of hydrogen-bond donors (Lipinski definition) is 0. The minimum absolute atomic E-state index is 0.0151. The molecule has 2 aliphatic rings. The predicted molar refractivity (Wildman–Crippen MR) is 72.4 cm³/mol. The first-order valence-electron chi connectivity index (χ1n) is 6.70. The van der Waals surface area contributed by atoms with Gasteiger partial charge in [-0.05, 0) is 31.4 Å². The third-order valence-corrected chi connectivity index (χ3v) is 6.03. The van der Waals surface area contributed by atoms with Gasteiger partial charge in [-0.1, -0.05) is 24.6 Å². The molecule has 1 aromatic carbocycles. The van der Waals surface area contributed by atoms with Crippen LogP contribution in [0.5, 0.6) is 0 Å². The summed E-state index contributed by atoms with van der Waals surface area (Å²) in [7, 11) is -3.39. The van der Waals surface area contributed by atoms with Gasteiger partial charge in [-0.3, -0.25) is 0 Å². The first-order valence-corrected chi connectivity index (χ1v) is 8.14. The van der Waals surface area contributed by atoms with Gasteiger partial charge in [0.2, 0.25) is 10.0 Å². The van der Waals surface area contributed by atoms with E-state index in [0.717, 1.165) is 12.0 Å². The van der Waals surface area contributed by atoms with Crippen LogP contribution in [-0.4, -0.2) is 38.0 Å². The fourth-order valence-corrected chi connectivity index (χ4v) is 4.86. The van der Waals surface area contributed by atoms with Gasteiger partial charge >= 0.3 is 0 Å². The van der Waals surface area contributed by atoms with Gasteiger partial charge in [-0.2, -0.15) is 4.31 Å². The maximum Gasteiger partial charge on any atom is 0.243 e. The van der Waals surface area contributed by atoms with Gasteiger partial charge in [-0.15, -0.1) is 0 Å². The van der Waals surface area contributed by atoms with Gasteiger partial charge in [0.1, 0.15) is 0 Å². The van der Waals surface area contributed by atoms with E-state index in [1.54, 1.807) is 16.4 Å². The summed E-state index contributed by atoms with van der Waals surface area (Å²) in [5, 5.41) is 0. The lowest BCUT2D eigenvalue weighted by atomic mass is 10.0. The molecule has 104 valence electrons. The van der Waals surface area contributed by atoms with Crippen molar-refractivity contribution in [1.82, 2.24) is 4.31 Å². The van der Waals surface area contributed by atoms with Crippen molar-refractivity contribution in [3.8, 4) is 0 Å². The van der Waals surface area contributed by atoms with E-state index in [4.69, 9.17) is 4.74 Å². The van der Waals surface area contributed by atoms with Crippen molar-refractivity contribution in [1.29, 1.82) is 0 Å². The van der Waals surface area contributed by atoms with Crippen LogP contribution in [0, 0.1) is 12.8 Å². The van der Waals surface area contributed by atoms with E-state index in [1.807, 2.05) is 19.1 Å². The molecule has 5 heteroatoms. The summed E-state index contributed by atoms with van der Waals surface area (Å²) in [6.45, 7) is 5.24. The molecule has 3 atom stereocenters. The third kappa shape index (κ3) is 2.10. The molecule has 0 aromatic heterocycles. The van der Waals surface area contributed by atoms with E-state index in [0.29, 0.717) is 18.0 Å². The van der Waals surface area contributed by atoms with Crippen LogP contribution in [0.1, 0.15) is 18.9 Å². The van der Waals surface area contributed by atoms with Crippen LogP contribution in [0.15, 0.2) is 29.2 Å². The SMILES string of the molecule is Cc1ccc(S(=O)(=O)N2C[C@H](C)[C@@H]3OCC[C@@H]32)cc1. The number of hydrogen-bond acceptors (Lipinski definition) is 3. The molecule has 2 saturated heterocycles. The predicted octanol–water partition coefficient (Wildman–Crippen LogP) is 1.79. The number of rotatable bonds is 2. The number of nitrogens with zero attached hydrogens (tertiary/aromatic N) is 1. The largest absolute Gasteiger partial charge is 0.376 e. The molecular weight excluding hydrogens is 262 g/mol. The molecule has 0 spiro atoms. The Balaban J connectivity index is 1.94. The van der Waals surface area contributed by atoms with Crippen LogP contribution >= 0.6 is 0 Å². The Bertz CT molecular complexity index is 567. The van der Waals surface area contributed by atoms with Gasteiger partial charge in [0.15, 0.2) is 0 Å². The molecule has 2 aliphatic heterocycles. The highest BCUT2D eigenvalue weighted by atomic mass is 32.2. The fraction of sp³-hybridized carbons (Fsp3) is 0.571. The zero-order valence-corrected chi connectivity index (χ0v) is 12.1. The average molecular weight is 281 g/mol. The molecule has 19 heavy (non-hydrogen) atoms. The summed E-state index contributed by atoms with van der Waals surface area (Å²) < 4.78 is 32.7. The first-order chi connectivity index (χ1) is 9.00. The second kappa shape index (κ2) is 4.58. The topological polar surface area (TPSA) is 46.6 Å². The fourth-order valence-electron chi connectivity index (χ4n) is 3.10. The Kier molecular flexibility index (Phi) is 3.15. The second-order valence-electron chi connectivity index (χ2n) is 5.56. The summed E-state index contributed by atoms with van der Waals surface area (Å²) >= 11 is 0. The molecule has 2 heterocycles. The molecule has 0 bridgehead atoms. The average Bonchev–Trinajstić information content (AvgIpc) is 2.94. The summed E-state index contributed by atoms with van der Waals surface area (Å²) in [5.74, 6) is 0.271. The maximum atomic E-state index is 12.7. The molecule has 0 amide bonds. The van der Waals surface area contributed by atoms with E-state index in [2.05, 4.69) is 6.92 Å². The molecule has 1 aromatic rings. The highest BCUT2D eigenvalue weighted by molar-refractivity contribution is 7.89. The van der Waals surface area contributed by atoms with Gasteiger partial charge in [0.05, 0.1) is 17.0 Å². The Labute approximate surface area is 114 Å². The third-order valence-electron chi connectivity index (χ3n) is 4.13. The first kappa shape index (κ1) is 13.1. The van der Waals surface area contributed by atoms with Gasteiger partial charge < -0.3 is 4.74 Å². The van der Waals surface area contributed by atoms with E-state index in [1.165, 1.54) is 0 Å². The molecule has 0 radical (unpaired) electrons. The number of benzene rings is 1. The molecule has 0 N–H and O–H groups in total. The lowest BCUT2D eigenvalue weighted by Crippen LogP contribution is -2.37. The Morgan fingerprint density at radius 1 is 1.26 bits per heavy atom. The Morgan fingerprint density at radius 3 is 2.63 bits per heavy atom. The summed E-state index contributed by atoms with van der Waals surface area (Å²) in [4.78, 5) is 0.387. The van der Waals surface area contributed by atoms with Crippen molar-refractivity contribution in [2.45, 2.75) is 37.3 Å². The van der Waals surface area contributed by atoms with Crippen LogP contribution in [0.2, 0.25) is 0 Å². The van der Waals surface area contributed by atoms with Crippen LogP contribution in [0.25, 0.3) is 0 Å².